The molecule has 0 amide bonds. The SMILES string of the molecule is COC(=O)Cn1nc(C(C)C)c2cc(C(F)F)ccc2c1=O. The van der Waals surface area contributed by atoms with Crippen LogP contribution in [0.1, 0.15) is 37.4 Å². The highest BCUT2D eigenvalue weighted by Crippen LogP contribution is 2.26. The maximum Gasteiger partial charge on any atom is 0.327 e. The number of ether oxygens (including phenoxy) is 1. The molecule has 0 unspecified atom stereocenters. The smallest absolute Gasteiger partial charge is 0.327 e. The first kappa shape index (κ1) is 16.1. The monoisotopic (exact) mass is 310 g/mol. The molecule has 0 spiro atoms. The van der Waals surface area contributed by atoms with Crippen molar-refractivity contribution < 1.29 is 18.3 Å². The highest BCUT2D eigenvalue weighted by Gasteiger charge is 2.17. The number of alkyl halides is 2. The van der Waals surface area contributed by atoms with Crippen LogP contribution in [0.4, 0.5) is 8.78 Å². The standard InChI is InChI=1S/C15H16F2N2O3/c1-8(2)13-11-6-9(14(16)17)4-5-10(11)15(21)19(18-13)7-12(20)22-3/h4-6,8,14H,7H2,1-3H3. The van der Waals surface area contributed by atoms with E-state index in [0.29, 0.717) is 11.1 Å². The van der Waals surface area contributed by atoms with Gasteiger partial charge in [0.2, 0.25) is 0 Å². The van der Waals surface area contributed by atoms with E-state index in [9.17, 15) is 18.4 Å². The highest BCUT2D eigenvalue weighted by molar-refractivity contribution is 5.85. The van der Waals surface area contributed by atoms with Crippen molar-refractivity contribution in [2.45, 2.75) is 32.7 Å². The zero-order valence-electron chi connectivity index (χ0n) is 12.5. The zero-order chi connectivity index (χ0) is 16.4. The van der Waals surface area contributed by atoms with Crippen molar-refractivity contribution in [3.63, 3.8) is 0 Å². The Morgan fingerprint density at radius 2 is 2.00 bits per heavy atom. The summed E-state index contributed by atoms with van der Waals surface area (Å²) < 4.78 is 31.3. The molecule has 0 radical (unpaired) electrons. The van der Waals surface area contributed by atoms with E-state index in [2.05, 4.69) is 9.84 Å². The normalized spacial score (nSPS) is 11.4. The second-order valence-corrected chi connectivity index (χ2v) is 5.18. The lowest BCUT2D eigenvalue weighted by molar-refractivity contribution is -0.141. The van der Waals surface area contributed by atoms with Crippen LogP contribution in [0.25, 0.3) is 10.8 Å². The maximum atomic E-state index is 12.9. The Morgan fingerprint density at radius 3 is 2.55 bits per heavy atom. The summed E-state index contributed by atoms with van der Waals surface area (Å²) in [4.78, 5) is 23.7. The van der Waals surface area contributed by atoms with Crippen LogP contribution >= 0.6 is 0 Å². The van der Waals surface area contributed by atoms with E-state index in [1.807, 2.05) is 13.8 Å². The third kappa shape index (κ3) is 2.98. The van der Waals surface area contributed by atoms with Crippen molar-refractivity contribution in [2.24, 2.45) is 0 Å². The number of fused-ring (bicyclic) bond motifs is 1. The number of halogens is 2. The molecule has 0 aliphatic rings. The molecule has 1 aromatic carbocycles. The summed E-state index contributed by atoms with van der Waals surface area (Å²) in [5, 5.41) is 4.79. The Morgan fingerprint density at radius 1 is 1.32 bits per heavy atom. The molecule has 0 atom stereocenters. The molecule has 0 fully saturated rings. The fourth-order valence-corrected chi connectivity index (χ4v) is 2.18. The summed E-state index contributed by atoms with van der Waals surface area (Å²) in [6, 6.07) is 3.84. The predicted octanol–water partition coefficient (Wildman–Crippen LogP) is 2.63. The Hall–Kier alpha value is -2.31. The quantitative estimate of drug-likeness (QED) is 0.815. The van der Waals surface area contributed by atoms with Crippen LogP contribution in [0, 0.1) is 0 Å². The van der Waals surface area contributed by atoms with Crippen molar-refractivity contribution in [1.29, 1.82) is 0 Å². The molecule has 7 heteroatoms. The molecule has 0 bridgehead atoms. The first-order valence-corrected chi connectivity index (χ1v) is 6.74. The van der Waals surface area contributed by atoms with Crippen LogP contribution in [0.15, 0.2) is 23.0 Å². The molecule has 2 aromatic rings. The molecule has 5 nitrogen and oxygen atoms in total. The van der Waals surface area contributed by atoms with E-state index in [-0.39, 0.29) is 23.4 Å². The van der Waals surface area contributed by atoms with Crippen molar-refractivity contribution in [3.8, 4) is 0 Å². The molecule has 1 heterocycles. The highest BCUT2D eigenvalue weighted by atomic mass is 19.3. The van der Waals surface area contributed by atoms with Gasteiger partial charge in [0.05, 0.1) is 18.2 Å². The molecular formula is C15H16F2N2O3. The minimum Gasteiger partial charge on any atom is -0.468 e. The van der Waals surface area contributed by atoms with Gasteiger partial charge in [-0.25, -0.2) is 13.5 Å². The third-order valence-electron chi connectivity index (χ3n) is 3.32. The Kier molecular flexibility index (Phi) is 4.54. The second kappa shape index (κ2) is 6.21. The first-order valence-electron chi connectivity index (χ1n) is 6.74. The number of hydrogen-bond acceptors (Lipinski definition) is 4. The van der Waals surface area contributed by atoms with Gasteiger partial charge in [-0.1, -0.05) is 19.9 Å². The van der Waals surface area contributed by atoms with Gasteiger partial charge in [0.15, 0.2) is 0 Å². The number of rotatable bonds is 4. The van der Waals surface area contributed by atoms with Gasteiger partial charge in [-0.15, -0.1) is 0 Å². The fourth-order valence-electron chi connectivity index (χ4n) is 2.18. The molecule has 0 aliphatic carbocycles. The molecule has 22 heavy (non-hydrogen) atoms. The number of aromatic nitrogens is 2. The molecule has 118 valence electrons. The summed E-state index contributed by atoms with van der Waals surface area (Å²) in [6.07, 6.45) is -2.62. The van der Waals surface area contributed by atoms with E-state index in [0.717, 1.165) is 4.68 Å². The van der Waals surface area contributed by atoms with Gasteiger partial charge in [-0.05, 0) is 18.1 Å². The lowest BCUT2D eigenvalue weighted by Crippen LogP contribution is -2.29. The van der Waals surface area contributed by atoms with Crippen LogP contribution in [0.3, 0.4) is 0 Å². The molecule has 0 N–H and O–H groups in total. The van der Waals surface area contributed by atoms with Gasteiger partial charge in [0.25, 0.3) is 12.0 Å². The van der Waals surface area contributed by atoms with Gasteiger partial charge in [0.1, 0.15) is 6.54 Å². The van der Waals surface area contributed by atoms with Crippen molar-refractivity contribution in [2.75, 3.05) is 7.11 Å². The molecule has 1 aromatic heterocycles. The van der Waals surface area contributed by atoms with Gasteiger partial charge >= 0.3 is 5.97 Å². The van der Waals surface area contributed by atoms with Crippen molar-refractivity contribution in [1.82, 2.24) is 9.78 Å². The lowest BCUT2D eigenvalue weighted by atomic mass is 10.0. The molecular weight excluding hydrogens is 294 g/mol. The number of methoxy groups -OCH3 is 1. The van der Waals surface area contributed by atoms with Crippen LogP contribution in [-0.2, 0) is 16.1 Å². The van der Waals surface area contributed by atoms with E-state index in [4.69, 9.17) is 0 Å². The number of carbonyl (C=O) groups is 1. The average molecular weight is 310 g/mol. The molecule has 0 saturated carbocycles. The Labute approximate surface area is 125 Å². The first-order chi connectivity index (χ1) is 10.3. The largest absolute Gasteiger partial charge is 0.468 e. The van der Waals surface area contributed by atoms with Crippen LogP contribution in [0.2, 0.25) is 0 Å². The van der Waals surface area contributed by atoms with E-state index < -0.39 is 18.0 Å². The number of esters is 1. The topological polar surface area (TPSA) is 61.2 Å². The van der Waals surface area contributed by atoms with E-state index in [1.165, 1.54) is 25.3 Å². The van der Waals surface area contributed by atoms with Crippen molar-refractivity contribution >= 4 is 16.7 Å². The van der Waals surface area contributed by atoms with Crippen LogP contribution < -0.4 is 5.56 Å². The van der Waals surface area contributed by atoms with Crippen LogP contribution in [0.5, 0.6) is 0 Å². The predicted molar refractivity (Wildman–Crippen MR) is 77.1 cm³/mol. The summed E-state index contributed by atoms with van der Waals surface area (Å²) in [5.41, 5.74) is -0.187. The zero-order valence-corrected chi connectivity index (χ0v) is 12.5. The summed E-state index contributed by atoms with van der Waals surface area (Å²) in [5.74, 6) is -0.701. The van der Waals surface area contributed by atoms with Gasteiger partial charge < -0.3 is 4.74 Å². The third-order valence-corrected chi connectivity index (χ3v) is 3.32. The number of carbonyl (C=O) groups excluding carboxylic acids is 1. The molecule has 0 saturated heterocycles. The second-order valence-electron chi connectivity index (χ2n) is 5.18. The maximum absolute atomic E-state index is 12.9. The van der Waals surface area contributed by atoms with Gasteiger partial charge in [-0.3, -0.25) is 9.59 Å². The molecule has 2 rings (SSSR count). The number of benzene rings is 1. The molecule has 0 aliphatic heterocycles. The summed E-state index contributed by atoms with van der Waals surface area (Å²) in [6.45, 7) is 3.36. The Balaban J connectivity index is 2.73. The van der Waals surface area contributed by atoms with E-state index >= 15 is 0 Å². The number of nitrogens with zero attached hydrogens (tertiary/aromatic N) is 2. The Bertz CT molecular complexity index is 769. The van der Waals surface area contributed by atoms with Crippen molar-refractivity contribution in [3.05, 3.63) is 39.8 Å². The fraction of sp³-hybridized carbons (Fsp3) is 0.400. The van der Waals surface area contributed by atoms with E-state index in [1.54, 1.807) is 0 Å². The summed E-state index contributed by atoms with van der Waals surface area (Å²) >= 11 is 0. The van der Waals surface area contributed by atoms with Gasteiger partial charge in [-0.2, -0.15) is 5.10 Å². The van der Waals surface area contributed by atoms with Crippen LogP contribution in [-0.4, -0.2) is 22.9 Å². The average Bonchev–Trinajstić information content (AvgIpc) is 2.48. The number of hydrogen-bond donors (Lipinski definition) is 0. The summed E-state index contributed by atoms with van der Waals surface area (Å²) in [7, 11) is 1.21. The van der Waals surface area contributed by atoms with Gasteiger partial charge in [0, 0.05) is 10.9 Å². The lowest BCUT2D eigenvalue weighted by Gasteiger charge is -2.13. The minimum atomic E-state index is -2.62. The minimum absolute atomic E-state index is 0.0973.